The summed E-state index contributed by atoms with van der Waals surface area (Å²) in [5, 5.41) is 5.68. The van der Waals surface area contributed by atoms with Crippen LogP contribution < -0.4 is 5.73 Å². The van der Waals surface area contributed by atoms with Crippen LogP contribution in [0.25, 0.3) is 10.9 Å². The third-order valence-electron chi connectivity index (χ3n) is 3.33. The van der Waals surface area contributed by atoms with Gasteiger partial charge in [0.1, 0.15) is 0 Å². The molecule has 3 nitrogen and oxygen atoms in total. The second-order valence-corrected chi connectivity index (χ2v) is 6.96. The number of aryl methyl sites for hydroxylation is 1. The van der Waals surface area contributed by atoms with Crippen molar-refractivity contribution in [2.45, 2.75) is 12.5 Å². The largest absolute Gasteiger partial charge is 0.324 e. The molecule has 0 saturated heterocycles. The minimum Gasteiger partial charge on any atom is -0.324 e. The fraction of sp³-hybridized carbons (Fsp3) is 0.214. The fourth-order valence-electron chi connectivity index (χ4n) is 2.36. The second-order valence-electron chi connectivity index (χ2n) is 4.68. The smallest absolute Gasteiger partial charge is 0.0992 e. The standard InChI is InChI=1S/C14H13Cl2N3S/c1-19-12-5-3-2-4-8(12)11(18-19)7-10(17)9-6-13(15)20-14(9)16/h2-6,10H,7,17H2,1H3. The Hall–Kier alpha value is -1.07. The Morgan fingerprint density at radius 1 is 1.35 bits per heavy atom. The average molecular weight is 326 g/mol. The van der Waals surface area contributed by atoms with Gasteiger partial charge < -0.3 is 5.73 Å². The number of benzene rings is 1. The molecule has 2 aromatic heterocycles. The van der Waals surface area contributed by atoms with E-state index in [1.807, 2.05) is 36.0 Å². The first-order valence-corrected chi connectivity index (χ1v) is 7.74. The summed E-state index contributed by atoms with van der Waals surface area (Å²) in [5.74, 6) is 0. The van der Waals surface area contributed by atoms with Gasteiger partial charge in [-0.15, -0.1) is 11.3 Å². The van der Waals surface area contributed by atoms with E-state index in [-0.39, 0.29) is 6.04 Å². The molecule has 0 amide bonds. The van der Waals surface area contributed by atoms with Crippen LogP contribution in [0.1, 0.15) is 17.3 Å². The molecule has 20 heavy (non-hydrogen) atoms. The molecule has 104 valence electrons. The fourth-order valence-corrected chi connectivity index (χ4v) is 3.96. The van der Waals surface area contributed by atoms with Crippen LogP contribution in [-0.4, -0.2) is 9.78 Å². The van der Waals surface area contributed by atoms with Crippen molar-refractivity contribution in [3.8, 4) is 0 Å². The number of nitrogens with zero attached hydrogens (tertiary/aromatic N) is 2. The van der Waals surface area contributed by atoms with Crippen LogP contribution in [0.5, 0.6) is 0 Å². The molecule has 0 radical (unpaired) electrons. The third kappa shape index (κ3) is 2.44. The molecule has 6 heteroatoms. The molecule has 1 aromatic carbocycles. The zero-order valence-corrected chi connectivity index (χ0v) is 13.1. The molecule has 0 bridgehead atoms. The van der Waals surface area contributed by atoms with E-state index >= 15 is 0 Å². The Kier molecular flexibility index (Phi) is 3.73. The van der Waals surface area contributed by atoms with Gasteiger partial charge in [0.05, 0.1) is 19.9 Å². The topological polar surface area (TPSA) is 43.8 Å². The van der Waals surface area contributed by atoms with Crippen molar-refractivity contribution in [1.82, 2.24) is 9.78 Å². The monoisotopic (exact) mass is 325 g/mol. The SMILES string of the molecule is Cn1nc(CC(N)c2cc(Cl)sc2Cl)c2ccccc21. The minimum atomic E-state index is -0.204. The van der Waals surface area contributed by atoms with Crippen LogP contribution >= 0.6 is 34.5 Å². The Labute approximate surface area is 130 Å². The Morgan fingerprint density at radius 3 is 2.80 bits per heavy atom. The highest BCUT2D eigenvalue weighted by molar-refractivity contribution is 7.20. The van der Waals surface area contributed by atoms with Crippen molar-refractivity contribution >= 4 is 45.4 Å². The normalized spacial score (nSPS) is 13.0. The van der Waals surface area contributed by atoms with Gasteiger partial charge in [-0.05, 0) is 12.1 Å². The van der Waals surface area contributed by atoms with Crippen LogP contribution in [0.15, 0.2) is 30.3 Å². The molecular formula is C14H13Cl2N3S. The van der Waals surface area contributed by atoms with Crippen LogP contribution in [0, 0.1) is 0 Å². The highest BCUT2D eigenvalue weighted by Gasteiger charge is 2.17. The first-order valence-electron chi connectivity index (χ1n) is 6.17. The number of rotatable bonds is 3. The van der Waals surface area contributed by atoms with E-state index in [0.29, 0.717) is 15.1 Å². The number of thiophene rings is 1. The molecular weight excluding hydrogens is 313 g/mol. The highest BCUT2D eigenvalue weighted by atomic mass is 35.5. The predicted molar refractivity (Wildman–Crippen MR) is 85.7 cm³/mol. The summed E-state index contributed by atoms with van der Waals surface area (Å²) in [7, 11) is 1.94. The van der Waals surface area contributed by atoms with Gasteiger partial charge in [-0.3, -0.25) is 4.68 Å². The van der Waals surface area contributed by atoms with Gasteiger partial charge in [0.2, 0.25) is 0 Å². The average Bonchev–Trinajstić information content (AvgIpc) is 2.91. The highest BCUT2D eigenvalue weighted by Crippen LogP contribution is 2.35. The number of aromatic nitrogens is 2. The first-order chi connectivity index (χ1) is 9.56. The van der Waals surface area contributed by atoms with E-state index in [4.69, 9.17) is 28.9 Å². The van der Waals surface area contributed by atoms with Crippen molar-refractivity contribution in [2.24, 2.45) is 12.8 Å². The Morgan fingerprint density at radius 2 is 2.10 bits per heavy atom. The second kappa shape index (κ2) is 5.37. The van der Waals surface area contributed by atoms with E-state index in [9.17, 15) is 0 Å². The van der Waals surface area contributed by atoms with Crippen molar-refractivity contribution in [1.29, 1.82) is 0 Å². The van der Waals surface area contributed by atoms with Gasteiger partial charge in [0.15, 0.2) is 0 Å². The summed E-state index contributed by atoms with van der Waals surface area (Å²) in [6, 6.07) is 9.75. The number of hydrogen-bond donors (Lipinski definition) is 1. The van der Waals surface area contributed by atoms with Gasteiger partial charge in [0.25, 0.3) is 0 Å². The molecule has 0 saturated carbocycles. The zero-order chi connectivity index (χ0) is 14.3. The minimum absolute atomic E-state index is 0.204. The van der Waals surface area contributed by atoms with Gasteiger partial charge in [-0.1, -0.05) is 41.4 Å². The first kappa shape index (κ1) is 13.9. The van der Waals surface area contributed by atoms with E-state index < -0.39 is 0 Å². The molecule has 0 fully saturated rings. The van der Waals surface area contributed by atoms with Crippen molar-refractivity contribution < 1.29 is 0 Å². The zero-order valence-electron chi connectivity index (χ0n) is 10.8. The molecule has 0 spiro atoms. The van der Waals surface area contributed by atoms with Crippen LogP contribution in [0.4, 0.5) is 0 Å². The lowest BCUT2D eigenvalue weighted by atomic mass is 10.0. The molecule has 1 unspecified atom stereocenters. The number of hydrogen-bond acceptors (Lipinski definition) is 3. The molecule has 2 heterocycles. The van der Waals surface area contributed by atoms with Gasteiger partial charge in [-0.25, -0.2) is 0 Å². The molecule has 0 aliphatic heterocycles. The van der Waals surface area contributed by atoms with Crippen molar-refractivity contribution in [2.75, 3.05) is 0 Å². The molecule has 2 N–H and O–H groups in total. The van der Waals surface area contributed by atoms with Gasteiger partial charge >= 0.3 is 0 Å². The Bertz CT molecular complexity index is 763. The van der Waals surface area contributed by atoms with Gasteiger partial charge in [-0.2, -0.15) is 5.10 Å². The van der Waals surface area contributed by atoms with Gasteiger partial charge in [0, 0.05) is 30.5 Å². The molecule has 3 aromatic rings. The van der Waals surface area contributed by atoms with Crippen LogP contribution in [0.2, 0.25) is 8.67 Å². The van der Waals surface area contributed by atoms with E-state index in [1.54, 1.807) is 0 Å². The van der Waals surface area contributed by atoms with Crippen LogP contribution in [0.3, 0.4) is 0 Å². The third-order valence-corrected chi connectivity index (χ3v) is 4.85. The maximum Gasteiger partial charge on any atom is 0.0992 e. The maximum atomic E-state index is 6.26. The molecule has 3 rings (SSSR count). The summed E-state index contributed by atoms with van der Waals surface area (Å²) >= 11 is 13.5. The summed E-state index contributed by atoms with van der Waals surface area (Å²) in [6.07, 6.45) is 0.633. The van der Waals surface area contributed by atoms with E-state index in [1.165, 1.54) is 11.3 Å². The number of fused-ring (bicyclic) bond motifs is 1. The summed E-state index contributed by atoms with van der Waals surface area (Å²) < 4.78 is 3.19. The number of halogens is 2. The van der Waals surface area contributed by atoms with Crippen LogP contribution in [-0.2, 0) is 13.5 Å². The lowest BCUT2D eigenvalue weighted by Crippen LogP contribution is -2.13. The number of nitrogens with two attached hydrogens (primary N) is 1. The predicted octanol–water partition coefficient (Wildman–Crippen LogP) is 4.18. The summed E-state index contributed by atoms with van der Waals surface area (Å²) in [5.41, 5.74) is 9.22. The lowest BCUT2D eigenvalue weighted by molar-refractivity contribution is 0.684. The summed E-state index contributed by atoms with van der Waals surface area (Å²) in [6.45, 7) is 0. The van der Waals surface area contributed by atoms with Crippen molar-refractivity contribution in [3.63, 3.8) is 0 Å². The molecule has 0 aliphatic carbocycles. The van der Waals surface area contributed by atoms with E-state index in [2.05, 4.69) is 11.2 Å². The maximum absolute atomic E-state index is 6.26. The Balaban J connectivity index is 1.95. The molecule has 0 aliphatic rings. The molecule has 1 atom stereocenters. The summed E-state index contributed by atoms with van der Waals surface area (Å²) in [4.78, 5) is 0. The number of para-hydroxylation sites is 1. The quantitative estimate of drug-likeness (QED) is 0.784. The van der Waals surface area contributed by atoms with E-state index in [0.717, 1.165) is 22.2 Å². The van der Waals surface area contributed by atoms with Crippen molar-refractivity contribution in [3.05, 3.63) is 50.3 Å². The lowest BCUT2D eigenvalue weighted by Gasteiger charge is -2.09.